The summed E-state index contributed by atoms with van der Waals surface area (Å²) < 4.78 is 5.42. The molecule has 2 aromatic rings. The van der Waals surface area contributed by atoms with Crippen LogP contribution in [0.5, 0.6) is 5.75 Å². The maximum atomic E-state index is 5.42. The Labute approximate surface area is 136 Å². The molecule has 120 valence electrons. The lowest BCUT2D eigenvalue weighted by Crippen LogP contribution is -2.33. The Morgan fingerprint density at radius 3 is 2.70 bits per heavy atom. The third-order valence-corrected chi connectivity index (χ3v) is 4.77. The van der Waals surface area contributed by atoms with E-state index in [2.05, 4.69) is 38.4 Å². The fourth-order valence-electron chi connectivity index (χ4n) is 3.57. The Hall–Kier alpha value is -2.14. The van der Waals surface area contributed by atoms with Crippen molar-refractivity contribution in [2.75, 3.05) is 19.0 Å². The average Bonchev–Trinajstić information content (AvgIpc) is 3.37. The molecule has 0 radical (unpaired) electrons. The fraction of sp³-hybridized carbons (Fsp3) is 0.444. The van der Waals surface area contributed by atoms with Crippen LogP contribution in [0.1, 0.15) is 30.9 Å². The molecule has 1 aliphatic carbocycles. The van der Waals surface area contributed by atoms with Crippen LogP contribution < -0.4 is 10.1 Å². The smallest absolute Gasteiger partial charge is 0.222 e. The molecule has 2 fully saturated rings. The van der Waals surface area contributed by atoms with Gasteiger partial charge in [0.15, 0.2) is 0 Å². The molecule has 5 nitrogen and oxygen atoms in total. The van der Waals surface area contributed by atoms with Crippen molar-refractivity contribution in [1.82, 2.24) is 14.9 Å². The summed E-state index contributed by atoms with van der Waals surface area (Å²) in [5.41, 5.74) is 1.31. The number of likely N-dealkylation sites (tertiary alicyclic amines) is 1. The second-order valence-corrected chi connectivity index (χ2v) is 6.30. The number of rotatable bonds is 5. The van der Waals surface area contributed by atoms with Crippen molar-refractivity contribution in [2.24, 2.45) is 0 Å². The van der Waals surface area contributed by atoms with E-state index in [0.29, 0.717) is 18.0 Å². The van der Waals surface area contributed by atoms with Crippen LogP contribution in [0.2, 0.25) is 0 Å². The first-order valence-corrected chi connectivity index (χ1v) is 8.28. The van der Waals surface area contributed by atoms with Gasteiger partial charge < -0.3 is 10.1 Å². The van der Waals surface area contributed by atoms with E-state index in [0.717, 1.165) is 24.8 Å². The van der Waals surface area contributed by atoms with Gasteiger partial charge in [-0.05, 0) is 43.0 Å². The molecule has 23 heavy (non-hydrogen) atoms. The molecule has 1 N–H and O–H groups in total. The van der Waals surface area contributed by atoms with Gasteiger partial charge in [0.2, 0.25) is 5.95 Å². The van der Waals surface area contributed by atoms with Crippen molar-refractivity contribution >= 4 is 5.95 Å². The van der Waals surface area contributed by atoms with Crippen LogP contribution in [-0.2, 0) is 0 Å². The molecule has 1 aromatic heterocycles. The number of nitrogens with zero attached hydrogens (tertiary/aromatic N) is 3. The van der Waals surface area contributed by atoms with Gasteiger partial charge in [0, 0.05) is 31.0 Å². The second kappa shape index (κ2) is 6.16. The Morgan fingerprint density at radius 1 is 1.13 bits per heavy atom. The van der Waals surface area contributed by atoms with Gasteiger partial charge in [-0.15, -0.1) is 0 Å². The largest absolute Gasteiger partial charge is 0.497 e. The van der Waals surface area contributed by atoms with Gasteiger partial charge in [-0.3, -0.25) is 4.90 Å². The highest BCUT2D eigenvalue weighted by Gasteiger charge is 2.43. The predicted molar refractivity (Wildman–Crippen MR) is 89.5 cm³/mol. The fourth-order valence-corrected chi connectivity index (χ4v) is 3.57. The highest BCUT2D eigenvalue weighted by molar-refractivity contribution is 5.35. The molecular weight excluding hydrogens is 288 g/mol. The maximum absolute atomic E-state index is 5.42. The third kappa shape index (κ3) is 3.01. The number of aromatic nitrogens is 2. The molecule has 1 saturated carbocycles. The number of benzene rings is 1. The minimum atomic E-state index is 0.324. The summed E-state index contributed by atoms with van der Waals surface area (Å²) in [7, 11) is 1.72. The molecular formula is C18H22N4O. The Morgan fingerprint density at radius 2 is 1.96 bits per heavy atom. The molecule has 2 unspecified atom stereocenters. The van der Waals surface area contributed by atoms with E-state index in [1.807, 2.05) is 12.1 Å². The van der Waals surface area contributed by atoms with Crippen molar-refractivity contribution in [1.29, 1.82) is 0 Å². The van der Waals surface area contributed by atoms with E-state index in [1.54, 1.807) is 19.5 Å². The first-order chi connectivity index (χ1) is 11.3. The molecule has 4 rings (SSSR count). The summed E-state index contributed by atoms with van der Waals surface area (Å²) in [6.45, 7) is 1.12. The summed E-state index contributed by atoms with van der Waals surface area (Å²) in [5, 5.41) is 3.53. The number of nitrogens with one attached hydrogen (secondary N) is 1. The van der Waals surface area contributed by atoms with E-state index in [-0.39, 0.29) is 0 Å². The number of ether oxygens (including phenoxy) is 1. The van der Waals surface area contributed by atoms with Gasteiger partial charge in [-0.1, -0.05) is 12.1 Å². The van der Waals surface area contributed by atoms with E-state index in [1.165, 1.54) is 18.4 Å². The van der Waals surface area contributed by atoms with Crippen LogP contribution in [-0.4, -0.2) is 40.6 Å². The van der Waals surface area contributed by atoms with Crippen molar-refractivity contribution < 1.29 is 4.74 Å². The highest BCUT2D eigenvalue weighted by Crippen LogP contribution is 2.42. The van der Waals surface area contributed by atoms with Crippen molar-refractivity contribution in [2.45, 2.75) is 37.4 Å². The Kier molecular flexibility index (Phi) is 3.87. The molecule has 0 bridgehead atoms. The zero-order valence-electron chi connectivity index (χ0n) is 13.4. The third-order valence-electron chi connectivity index (χ3n) is 4.77. The van der Waals surface area contributed by atoms with Gasteiger partial charge in [-0.2, -0.15) is 0 Å². The van der Waals surface area contributed by atoms with Crippen LogP contribution in [0.25, 0.3) is 0 Å². The minimum Gasteiger partial charge on any atom is -0.497 e. The van der Waals surface area contributed by atoms with E-state index < -0.39 is 0 Å². The molecule has 1 aliphatic heterocycles. The van der Waals surface area contributed by atoms with E-state index >= 15 is 0 Å². The quantitative estimate of drug-likeness (QED) is 0.920. The second-order valence-electron chi connectivity index (χ2n) is 6.30. The summed E-state index contributed by atoms with van der Waals surface area (Å²) in [6.07, 6.45) is 7.30. The summed E-state index contributed by atoms with van der Waals surface area (Å²) >= 11 is 0. The topological polar surface area (TPSA) is 50.3 Å². The van der Waals surface area contributed by atoms with Crippen LogP contribution in [0.4, 0.5) is 5.95 Å². The molecule has 2 aliphatic rings. The summed E-state index contributed by atoms with van der Waals surface area (Å²) in [6, 6.07) is 11.7. The van der Waals surface area contributed by atoms with Crippen LogP contribution in [0, 0.1) is 0 Å². The van der Waals surface area contributed by atoms with Crippen LogP contribution in [0.3, 0.4) is 0 Å². The summed E-state index contributed by atoms with van der Waals surface area (Å²) in [4.78, 5) is 11.3. The first-order valence-electron chi connectivity index (χ1n) is 8.28. The molecule has 5 heteroatoms. The van der Waals surface area contributed by atoms with Crippen molar-refractivity contribution in [3.8, 4) is 5.75 Å². The van der Waals surface area contributed by atoms with Crippen LogP contribution in [0.15, 0.2) is 42.7 Å². The lowest BCUT2D eigenvalue weighted by molar-refractivity contribution is 0.240. The van der Waals surface area contributed by atoms with Crippen molar-refractivity contribution in [3.63, 3.8) is 0 Å². The molecule has 1 aromatic carbocycles. The number of hydrogen-bond acceptors (Lipinski definition) is 5. The zero-order chi connectivity index (χ0) is 15.6. The van der Waals surface area contributed by atoms with Gasteiger partial charge >= 0.3 is 0 Å². The van der Waals surface area contributed by atoms with Gasteiger partial charge in [0.1, 0.15) is 5.75 Å². The maximum Gasteiger partial charge on any atom is 0.222 e. The van der Waals surface area contributed by atoms with Gasteiger partial charge in [0.25, 0.3) is 0 Å². The molecule has 2 heterocycles. The average molecular weight is 310 g/mol. The molecule has 0 amide bonds. The first kappa shape index (κ1) is 14.5. The highest BCUT2D eigenvalue weighted by atomic mass is 16.5. The Bertz CT molecular complexity index is 659. The lowest BCUT2D eigenvalue weighted by atomic mass is 9.99. The van der Waals surface area contributed by atoms with Crippen LogP contribution >= 0.6 is 0 Å². The SMILES string of the molecule is COc1cccc(C2C(Nc3ncccn3)CCN2C2CC2)c1. The number of anilines is 1. The zero-order valence-corrected chi connectivity index (χ0v) is 13.4. The molecule has 2 atom stereocenters. The predicted octanol–water partition coefficient (Wildman–Crippen LogP) is 2.88. The Balaban J connectivity index is 1.62. The monoisotopic (exact) mass is 310 g/mol. The summed E-state index contributed by atoms with van der Waals surface area (Å²) in [5.74, 6) is 1.63. The lowest BCUT2D eigenvalue weighted by Gasteiger charge is -2.29. The van der Waals surface area contributed by atoms with Gasteiger partial charge in [0.05, 0.1) is 13.2 Å². The normalized spacial score (nSPS) is 24.6. The standard InChI is InChI=1S/C18H22N4O/c1-23-15-5-2-4-13(12-15)17-16(8-11-22(17)14-6-7-14)21-18-19-9-3-10-20-18/h2-5,9-10,12,14,16-17H,6-8,11H2,1H3,(H,19,20,21). The minimum absolute atomic E-state index is 0.324. The van der Waals surface area contributed by atoms with Crippen molar-refractivity contribution in [3.05, 3.63) is 48.3 Å². The molecule has 1 saturated heterocycles. The number of methoxy groups -OCH3 is 1. The van der Waals surface area contributed by atoms with E-state index in [4.69, 9.17) is 4.74 Å². The van der Waals surface area contributed by atoms with Gasteiger partial charge in [-0.25, -0.2) is 9.97 Å². The van der Waals surface area contributed by atoms with E-state index in [9.17, 15) is 0 Å². The number of hydrogen-bond donors (Lipinski definition) is 1. The molecule has 0 spiro atoms.